The van der Waals surface area contributed by atoms with Crippen LogP contribution in [-0.4, -0.2) is 17.5 Å². The van der Waals surface area contributed by atoms with Crippen molar-refractivity contribution in [2.45, 2.75) is 13.7 Å². The first-order valence-corrected chi connectivity index (χ1v) is 13.3. The Labute approximate surface area is 205 Å². The zero-order valence-electron chi connectivity index (χ0n) is 19.8. The Hall–Kier alpha value is -3.72. The molecule has 35 heavy (non-hydrogen) atoms. The van der Waals surface area contributed by atoms with E-state index >= 15 is 0 Å². The van der Waals surface area contributed by atoms with Gasteiger partial charge in [0.2, 0.25) is 0 Å². The van der Waals surface area contributed by atoms with Gasteiger partial charge in [-0.05, 0) is 13.0 Å². The van der Waals surface area contributed by atoms with E-state index in [0.29, 0.717) is 18.1 Å². The Bertz CT molecular complexity index is 1420. The maximum absolute atomic E-state index is 13.1. The molecule has 1 aromatic heterocycles. The number of carbonyl (C=O) groups is 1. The molecule has 0 amide bonds. The van der Waals surface area contributed by atoms with Crippen molar-refractivity contribution in [2.24, 2.45) is 4.74 Å². The molecule has 4 aromatic carbocycles. The molecule has 0 fully saturated rings. The zero-order valence-corrected chi connectivity index (χ0v) is 20.7. The van der Waals surface area contributed by atoms with Crippen molar-refractivity contribution in [1.29, 1.82) is 0 Å². The Kier molecular flexibility index (Phi) is 6.50. The summed E-state index contributed by atoms with van der Waals surface area (Å²) < 4.78 is 13.3. The first-order valence-electron chi connectivity index (χ1n) is 11.6. The van der Waals surface area contributed by atoms with Gasteiger partial charge in [0.25, 0.3) is 0 Å². The summed E-state index contributed by atoms with van der Waals surface area (Å²) >= 11 is 0. The fourth-order valence-electron chi connectivity index (χ4n) is 4.69. The summed E-state index contributed by atoms with van der Waals surface area (Å²) in [5, 5.41) is 4.27. The summed E-state index contributed by atoms with van der Waals surface area (Å²) in [7, 11) is -0.885. The number of rotatable bonds is 7. The van der Waals surface area contributed by atoms with E-state index in [2.05, 4.69) is 72.8 Å². The molecule has 5 heteroatoms. The van der Waals surface area contributed by atoms with Crippen molar-refractivity contribution < 1.29 is 9.53 Å². The SMILES string of the molecule is COCn1c(N=P(c2ccccc2)(c2ccccc2)c2ccccc2)c(C(C)=O)c2ccccc21. The molecule has 174 valence electrons. The molecule has 0 aliphatic rings. The average molecular weight is 479 g/mol. The summed E-state index contributed by atoms with van der Waals surface area (Å²) in [6.07, 6.45) is 0. The lowest BCUT2D eigenvalue weighted by molar-refractivity contribution is 0.101. The summed E-state index contributed by atoms with van der Waals surface area (Å²) in [6.45, 7) is 1.91. The molecule has 0 unspecified atom stereocenters. The number of hydrogen-bond donors (Lipinski definition) is 0. The third-order valence-corrected chi connectivity index (χ3v) is 9.81. The van der Waals surface area contributed by atoms with E-state index in [1.54, 1.807) is 14.0 Å². The van der Waals surface area contributed by atoms with Crippen LogP contribution in [0.1, 0.15) is 17.3 Å². The van der Waals surface area contributed by atoms with Crippen molar-refractivity contribution >= 4 is 45.5 Å². The van der Waals surface area contributed by atoms with Gasteiger partial charge in [-0.25, -0.2) is 4.74 Å². The summed E-state index contributed by atoms with van der Waals surface area (Å²) in [4.78, 5) is 13.1. The van der Waals surface area contributed by atoms with Gasteiger partial charge in [-0.3, -0.25) is 4.79 Å². The number of hydrogen-bond acceptors (Lipinski definition) is 3. The number of fused-ring (bicyclic) bond motifs is 1. The van der Waals surface area contributed by atoms with Crippen LogP contribution < -0.4 is 15.9 Å². The van der Waals surface area contributed by atoms with Gasteiger partial charge in [0, 0.05) is 28.4 Å². The van der Waals surface area contributed by atoms with Crippen molar-refractivity contribution in [2.75, 3.05) is 7.11 Å². The van der Waals surface area contributed by atoms with Crippen molar-refractivity contribution in [3.63, 3.8) is 0 Å². The molecule has 4 nitrogen and oxygen atoms in total. The number of ketones is 1. The van der Waals surface area contributed by atoms with Crippen LogP contribution in [0.15, 0.2) is 120 Å². The van der Waals surface area contributed by atoms with Crippen LogP contribution in [0.2, 0.25) is 0 Å². The van der Waals surface area contributed by atoms with Gasteiger partial charge < -0.3 is 9.30 Å². The minimum Gasteiger partial charge on any atom is -0.364 e. The zero-order chi connectivity index (χ0) is 24.3. The number of aromatic nitrogens is 1. The van der Waals surface area contributed by atoms with Crippen LogP contribution in [0.25, 0.3) is 10.9 Å². The largest absolute Gasteiger partial charge is 0.364 e. The first-order chi connectivity index (χ1) is 17.2. The van der Waals surface area contributed by atoms with Gasteiger partial charge in [0.1, 0.15) is 12.5 Å². The highest BCUT2D eigenvalue weighted by Gasteiger charge is 2.30. The summed E-state index contributed by atoms with van der Waals surface area (Å²) in [6, 6.07) is 39.3. The minimum atomic E-state index is -2.55. The summed E-state index contributed by atoms with van der Waals surface area (Å²) in [5.41, 5.74) is 1.57. The molecule has 0 N–H and O–H groups in total. The number of Topliss-reactive ketones (excluding diaryl/α,β-unsaturated/α-hetero) is 1. The Morgan fingerprint density at radius 3 is 1.66 bits per heavy atom. The molecule has 0 saturated heterocycles. The van der Waals surface area contributed by atoms with Crippen LogP contribution in [0.4, 0.5) is 5.82 Å². The second kappa shape index (κ2) is 9.87. The van der Waals surface area contributed by atoms with Gasteiger partial charge in [-0.15, -0.1) is 0 Å². The predicted octanol–water partition coefficient (Wildman–Crippen LogP) is 6.26. The van der Waals surface area contributed by atoms with Crippen LogP contribution >= 0.6 is 7.05 Å². The Morgan fingerprint density at radius 1 is 0.743 bits per heavy atom. The van der Waals surface area contributed by atoms with Gasteiger partial charge in [-0.1, -0.05) is 109 Å². The molecule has 5 rings (SSSR count). The molecule has 0 radical (unpaired) electrons. The maximum Gasteiger partial charge on any atom is 0.164 e. The van der Waals surface area contributed by atoms with Crippen LogP contribution in [0.5, 0.6) is 0 Å². The normalized spacial score (nSPS) is 11.5. The molecule has 0 aliphatic heterocycles. The molecule has 0 saturated carbocycles. The topological polar surface area (TPSA) is 43.6 Å². The van der Waals surface area contributed by atoms with Gasteiger partial charge in [-0.2, -0.15) is 0 Å². The first kappa shape index (κ1) is 23.0. The second-order valence-corrected chi connectivity index (χ2v) is 11.4. The summed E-state index contributed by atoms with van der Waals surface area (Å²) in [5.74, 6) is 0.646. The molecular weight excluding hydrogens is 451 g/mol. The third-order valence-electron chi connectivity index (χ3n) is 6.19. The average Bonchev–Trinajstić information content (AvgIpc) is 3.22. The molecule has 5 aromatic rings. The lowest BCUT2D eigenvalue weighted by atomic mass is 10.1. The molecule has 0 bridgehead atoms. The molecule has 0 spiro atoms. The number of benzene rings is 4. The van der Waals surface area contributed by atoms with Gasteiger partial charge in [0.15, 0.2) is 5.78 Å². The van der Waals surface area contributed by atoms with E-state index in [1.807, 2.05) is 47.0 Å². The van der Waals surface area contributed by atoms with Crippen molar-refractivity contribution in [1.82, 2.24) is 4.57 Å². The Balaban J connectivity index is 2.01. The molecule has 0 atom stereocenters. The van der Waals surface area contributed by atoms with Gasteiger partial charge in [0.05, 0.1) is 18.1 Å². The maximum atomic E-state index is 13.1. The minimum absolute atomic E-state index is 0.0120. The quantitative estimate of drug-likeness (QED) is 0.205. The van der Waals surface area contributed by atoms with E-state index in [9.17, 15) is 4.79 Å². The molecule has 1 heterocycles. The molecular formula is C30H27N2O2P. The number of para-hydroxylation sites is 1. The monoisotopic (exact) mass is 478 g/mol. The van der Waals surface area contributed by atoms with Crippen molar-refractivity contribution in [3.8, 4) is 0 Å². The predicted molar refractivity (Wildman–Crippen MR) is 146 cm³/mol. The highest BCUT2D eigenvalue weighted by Crippen LogP contribution is 2.51. The number of methoxy groups -OCH3 is 1. The fourth-order valence-corrected chi connectivity index (χ4v) is 8.24. The highest BCUT2D eigenvalue weighted by molar-refractivity contribution is 7.87. The van der Waals surface area contributed by atoms with Crippen molar-refractivity contribution in [3.05, 3.63) is 121 Å². The lowest BCUT2D eigenvalue weighted by Crippen LogP contribution is -2.25. The fraction of sp³-hybridized carbons (Fsp3) is 0.100. The van der Waals surface area contributed by atoms with E-state index in [-0.39, 0.29) is 5.78 Å². The van der Waals surface area contributed by atoms with Crippen LogP contribution in [0.3, 0.4) is 0 Å². The smallest absolute Gasteiger partial charge is 0.164 e. The van der Waals surface area contributed by atoms with E-state index in [0.717, 1.165) is 26.8 Å². The van der Waals surface area contributed by atoms with E-state index in [4.69, 9.17) is 9.48 Å². The number of carbonyl (C=O) groups excluding carboxylic acids is 1. The van der Waals surface area contributed by atoms with Crippen LogP contribution in [-0.2, 0) is 11.5 Å². The van der Waals surface area contributed by atoms with Gasteiger partial charge >= 0.3 is 0 Å². The highest BCUT2D eigenvalue weighted by atomic mass is 31.2. The Morgan fingerprint density at radius 2 is 1.20 bits per heavy atom. The van der Waals surface area contributed by atoms with Crippen LogP contribution in [0, 0.1) is 0 Å². The second-order valence-electron chi connectivity index (χ2n) is 8.36. The lowest BCUT2D eigenvalue weighted by Gasteiger charge is -2.27. The van der Waals surface area contributed by atoms with E-state index in [1.165, 1.54) is 0 Å². The van der Waals surface area contributed by atoms with E-state index < -0.39 is 7.05 Å². The standard InChI is InChI=1S/C30H27N2O2P/c1-23(33)29-27-20-12-13-21-28(27)32(22-34-2)30(29)31-35(24-14-6-3-7-15-24,25-16-8-4-9-17-25)26-18-10-5-11-19-26/h3-21H,22H2,1-2H3. The number of nitrogens with zero attached hydrogens (tertiary/aromatic N) is 2. The molecule has 0 aliphatic carbocycles. The number of ether oxygens (including phenoxy) is 1. The third kappa shape index (κ3) is 4.05.